The molecule has 30 heavy (non-hydrogen) atoms. The van der Waals surface area contributed by atoms with Crippen molar-refractivity contribution in [3.05, 3.63) is 58.4 Å². The van der Waals surface area contributed by atoms with Gasteiger partial charge in [0, 0.05) is 17.3 Å². The molecule has 1 aromatic heterocycles. The van der Waals surface area contributed by atoms with Gasteiger partial charge in [0.05, 0.1) is 11.1 Å². The molecule has 0 saturated heterocycles. The molecule has 1 amide bonds. The minimum absolute atomic E-state index is 0.0444. The predicted octanol–water partition coefficient (Wildman–Crippen LogP) is 2.85. The van der Waals surface area contributed by atoms with Gasteiger partial charge in [-0.25, -0.2) is 13.2 Å². The molecule has 0 atom stereocenters. The van der Waals surface area contributed by atoms with Crippen LogP contribution in [0.15, 0.2) is 51.7 Å². The molecule has 0 aliphatic heterocycles. The Morgan fingerprint density at radius 2 is 1.87 bits per heavy atom. The number of carbonyl (C=O) groups excluding carboxylic acids is 1. The summed E-state index contributed by atoms with van der Waals surface area (Å²) < 4.78 is 31.6. The first-order valence-corrected chi connectivity index (χ1v) is 10.6. The van der Waals surface area contributed by atoms with Crippen molar-refractivity contribution in [1.82, 2.24) is 0 Å². The number of hydrogen-bond donors (Lipinski definition) is 4. The van der Waals surface area contributed by atoms with Crippen LogP contribution >= 0.6 is 0 Å². The largest absolute Gasteiger partial charge is 0.508 e. The second-order valence-corrected chi connectivity index (χ2v) is 8.87. The van der Waals surface area contributed by atoms with Crippen LogP contribution in [0.25, 0.3) is 11.0 Å². The Hall–Kier alpha value is -3.53. The van der Waals surface area contributed by atoms with Crippen molar-refractivity contribution < 1.29 is 27.8 Å². The van der Waals surface area contributed by atoms with Gasteiger partial charge in [0.2, 0.25) is 10.0 Å². The fourth-order valence-corrected chi connectivity index (χ4v) is 4.30. The maximum atomic E-state index is 12.6. The third-order valence-corrected chi connectivity index (χ3v) is 5.71. The van der Waals surface area contributed by atoms with Crippen LogP contribution in [0.2, 0.25) is 0 Å². The summed E-state index contributed by atoms with van der Waals surface area (Å²) in [5.74, 6) is -1.57. The number of amides is 1. The Morgan fingerprint density at radius 1 is 1.13 bits per heavy atom. The lowest BCUT2D eigenvalue weighted by atomic mass is 10.1. The van der Waals surface area contributed by atoms with Crippen molar-refractivity contribution in [3.63, 3.8) is 0 Å². The molecule has 1 heterocycles. The topological polar surface area (TPSA) is 146 Å². The zero-order valence-electron chi connectivity index (χ0n) is 16.2. The van der Waals surface area contributed by atoms with E-state index in [2.05, 4.69) is 10.0 Å². The summed E-state index contributed by atoms with van der Waals surface area (Å²) >= 11 is 0. The van der Waals surface area contributed by atoms with E-state index in [0.29, 0.717) is 0 Å². The quantitative estimate of drug-likeness (QED) is 0.438. The van der Waals surface area contributed by atoms with E-state index in [1.165, 1.54) is 36.4 Å². The molecule has 0 fully saturated rings. The second kappa shape index (κ2) is 8.07. The molecule has 4 N–H and O–H groups in total. The summed E-state index contributed by atoms with van der Waals surface area (Å²) in [4.78, 5) is 24.8. The highest BCUT2D eigenvalue weighted by atomic mass is 32.2. The SMILES string of the molecule is CC(C)CS(=O)(=O)Nc1cccc(C(=O)Nc2c(O)c3ccc(O)cc3oc2=O)c1. The standard InChI is InChI=1S/C20H20N2O7S/c1-11(2)10-30(27,28)22-13-5-3-4-12(8-13)19(25)21-17-18(24)15-7-6-14(23)9-16(15)29-20(17)26/h3-9,11,22-24H,10H2,1-2H3,(H,21,25). The van der Waals surface area contributed by atoms with Gasteiger partial charge in [0.15, 0.2) is 11.4 Å². The molecule has 10 heteroatoms. The number of aromatic hydroxyl groups is 2. The molecule has 0 aliphatic carbocycles. The number of phenolic OH excluding ortho intramolecular Hbond substituents is 1. The van der Waals surface area contributed by atoms with Gasteiger partial charge in [-0.15, -0.1) is 0 Å². The minimum atomic E-state index is -3.58. The van der Waals surface area contributed by atoms with Crippen LogP contribution < -0.4 is 15.7 Å². The van der Waals surface area contributed by atoms with Gasteiger partial charge >= 0.3 is 5.63 Å². The monoisotopic (exact) mass is 432 g/mol. The van der Waals surface area contributed by atoms with Gasteiger partial charge in [-0.3, -0.25) is 9.52 Å². The number of phenols is 1. The van der Waals surface area contributed by atoms with E-state index < -0.39 is 33.0 Å². The first-order chi connectivity index (χ1) is 14.1. The molecule has 0 aliphatic rings. The number of sulfonamides is 1. The smallest absolute Gasteiger partial charge is 0.364 e. The Balaban J connectivity index is 1.88. The number of hydrogen-bond acceptors (Lipinski definition) is 7. The Labute approximate surface area is 172 Å². The first-order valence-electron chi connectivity index (χ1n) is 8.96. The number of nitrogens with one attached hydrogen (secondary N) is 2. The zero-order valence-corrected chi connectivity index (χ0v) is 17.0. The molecule has 3 aromatic rings. The zero-order chi connectivity index (χ0) is 22.1. The maximum Gasteiger partial charge on any atom is 0.364 e. The van der Waals surface area contributed by atoms with Gasteiger partial charge in [0.1, 0.15) is 11.3 Å². The lowest BCUT2D eigenvalue weighted by Gasteiger charge is -2.11. The van der Waals surface area contributed by atoms with E-state index in [1.54, 1.807) is 13.8 Å². The van der Waals surface area contributed by atoms with Crippen molar-refractivity contribution in [2.75, 3.05) is 15.8 Å². The van der Waals surface area contributed by atoms with E-state index in [0.717, 1.165) is 6.07 Å². The Morgan fingerprint density at radius 3 is 2.57 bits per heavy atom. The second-order valence-electron chi connectivity index (χ2n) is 7.11. The van der Waals surface area contributed by atoms with E-state index >= 15 is 0 Å². The average molecular weight is 432 g/mol. The number of carbonyl (C=O) groups is 1. The predicted molar refractivity (Wildman–Crippen MR) is 112 cm³/mol. The summed E-state index contributed by atoms with van der Waals surface area (Å²) in [7, 11) is -3.58. The molecule has 158 valence electrons. The highest BCUT2D eigenvalue weighted by Crippen LogP contribution is 2.31. The van der Waals surface area contributed by atoms with Crippen LogP contribution in [-0.4, -0.2) is 30.3 Å². The third kappa shape index (κ3) is 4.71. The number of benzene rings is 2. The summed E-state index contributed by atoms with van der Waals surface area (Å²) in [5, 5.41) is 22.2. The van der Waals surface area contributed by atoms with Crippen LogP contribution in [0.1, 0.15) is 24.2 Å². The van der Waals surface area contributed by atoms with Gasteiger partial charge in [-0.1, -0.05) is 19.9 Å². The van der Waals surface area contributed by atoms with Crippen molar-refractivity contribution >= 4 is 38.3 Å². The fraction of sp³-hybridized carbons (Fsp3) is 0.200. The van der Waals surface area contributed by atoms with Gasteiger partial charge in [-0.05, 0) is 36.2 Å². The number of fused-ring (bicyclic) bond motifs is 1. The highest BCUT2D eigenvalue weighted by Gasteiger charge is 2.19. The molecular formula is C20H20N2O7S. The molecule has 2 aromatic carbocycles. The van der Waals surface area contributed by atoms with Crippen molar-refractivity contribution in [2.24, 2.45) is 5.92 Å². The highest BCUT2D eigenvalue weighted by molar-refractivity contribution is 7.92. The van der Waals surface area contributed by atoms with E-state index in [1.807, 2.05) is 0 Å². The number of rotatable bonds is 6. The van der Waals surface area contributed by atoms with Crippen LogP contribution in [0, 0.1) is 5.92 Å². The lowest BCUT2D eigenvalue weighted by Crippen LogP contribution is -2.21. The first kappa shape index (κ1) is 21.2. The molecule has 0 saturated carbocycles. The van der Waals surface area contributed by atoms with Crippen LogP contribution in [-0.2, 0) is 10.0 Å². The maximum absolute atomic E-state index is 12.6. The van der Waals surface area contributed by atoms with E-state index in [4.69, 9.17) is 4.42 Å². The van der Waals surface area contributed by atoms with E-state index in [-0.39, 0.29) is 39.6 Å². The van der Waals surface area contributed by atoms with Gasteiger partial charge in [-0.2, -0.15) is 0 Å². The molecular weight excluding hydrogens is 412 g/mol. The van der Waals surface area contributed by atoms with Crippen LogP contribution in [0.3, 0.4) is 0 Å². The molecule has 0 spiro atoms. The Kier molecular flexibility index (Phi) is 5.70. The lowest BCUT2D eigenvalue weighted by molar-refractivity contribution is 0.102. The van der Waals surface area contributed by atoms with Gasteiger partial charge in [0.25, 0.3) is 5.91 Å². The minimum Gasteiger partial charge on any atom is -0.508 e. The third-order valence-electron chi connectivity index (χ3n) is 4.05. The summed E-state index contributed by atoms with van der Waals surface area (Å²) in [6, 6.07) is 9.49. The Bertz CT molecular complexity index is 1280. The number of anilines is 2. The molecule has 0 unspecified atom stereocenters. The summed E-state index contributed by atoms with van der Waals surface area (Å²) in [5.41, 5.74) is -1.27. The van der Waals surface area contributed by atoms with Crippen molar-refractivity contribution in [2.45, 2.75) is 13.8 Å². The summed E-state index contributed by atoms with van der Waals surface area (Å²) in [6.07, 6.45) is 0. The normalized spacial score (nSPS) is 11.6. The summed E-state index contributed by atoms with van der Waals surface area (Å²) in [6.45, 7) is 3.54. The fourth-order valence-electron chi connectivity index (χ4n) is 2.85. The van der Waals surface area contributed by atoms with Crippen molar-refractivity contribution in [3.8, 4) is 11.5 Å². The molecule has 9 nitrogen and oxygen atoms in total. The van der Waals surface area contributed by atoms with Crippen LogP contribution in [0.5, 0.6) is 11.5 Å². The van der Waals surface area contributed by atoms with Crippen LogP contribution in [0.4, 0.5) is 11.4 Å². The van der Waals surface area contributed by atoms with Crippen molar-refractivity contribution in [1.29, 1.82) is 0 Å². The molecule has 0 bridgehead atoms. The molecule has 0 radical (unpaired) electrons. The van der Waals surface area contributed by atoms with Gasteiger partial charge < -0.3 is 19.9 Å². The molecule has 3 rings (SSSR count). The average Bonchev–Trinajstić information content (AvgIpc) is 2.63. The van der Waals surface area contributed by atoms with E-state index in [9.17, 15) is 28.2 Å².